The van der Waals surface area contributed by atoms with E-state index in [0.717, 1.165) is 23.3 Å². The zero-order valence-corrected chi connectivity index (χ0v) is 13.0. The zero-order chi connectivity index (χ0) is 14.8. The number of hydrogen-bond acceptors (Lipinski definition) is 2. The first-order chi connectivity index (χ1) is 10.1. The molecule has 0 aromatic heterocycles. The molecule has 0 saturated carbocycles. The van der Waals surface area contributed by atoms with E-state index < -0.39 is 6.09 Å². The summed E-state index contributed by atoms with van der Waals surface area (Å²) in [5, 5.41) is 12.5. The summed E-state index contributed by atoms with van der Waals surface area (Å²) >= 11 is 7.84. The largest absolute Gasteiger partial charge is 0.465 e. The molecule has 3 nitrogen and oxygen atoms in total. The van der Waals surface area contributed by atoms with Gasteiger partial charge in [-0.05, 0) is 47.9 Å². The van der Waals surface area contributed by atoms with Gasteiger partial charge in [-0.3, -0.25) is 0 Å². The Hall–Kier alpha value is -1.39. The SMILES string of the molecule is O=C(O)N1CCC(Sc2ccc3cc(Cl)ccc3c2)CC1. The summed E-state index contributed by atoms with van der Waals surface area (Å²) in [6.45, 7) is 1.27. The Morgan fingerprint density at radius 3 is 2.52 bits per heavy atom. The Kier molecular flexibility index (Phi) is 4.27. The Morgan fingerprint density at radius 2 is 1.81 bits per heavy atom. The van der Waals surface area contributed by atoms with Crippen LogP contribution in [0.1, 0.15) is 12.8 Å². The molecular formula is C16H16ClNO2S. The van der Waals surface area contributed by atoms with E-state index in [1.807, 2.05) is 30.0 Å². The maximum Gasteiger partial charge on any atom is 0.407 e. The van der Waals surface area contributed by atoms with Crippen LogP contribution in [0.3, 0.4) is 0 Å². The van der Waals surface area contributed by atoms with Crippen molar-refractivity contribution in [1.82, 2.24) is 4.90 Å². The second-order valence-electron chi connectivity index (χ2n) is 5.24. The molecule has 1 saturated heterocycles. The van der Waals surface area contributed by atoms with Gasteiger partial charge in [0.25, 0.3) is 0 Å². The molecule has 0 atom stereocenters. The highest BCUT2D eigenvalue weighted by molar-refractivity contribution is 8.00. The number of fused-ring (bicyclic) bond motifs is 1. The number of carboxylic acid groups (broad SMARTS) is 1. The lowest BCUT2D eigenvalue weighted by Gasteiger charge is -2.29. The van der Waals surface area contributed by atoms with E-state index in [1.54, 1.807) is 0 Å². The van der Waals surface area contributed by atoms with Crippen molar-refractivity contribution in [3.63, 3.8) is 0 Å². The number of piperidine rings is 1. The van der Waals surface area contributed by atoms with E-state index >= 15 is 0 Å². The Bertz CT molecular complexity index is 668. The van der Waals surface area contributed by atoms with E-state index in [-0.39, 0.29) is 0 Å². The van der Waals surface area contributed by atoms with Crippen LogP contribution in [0.5, 0.6) is 0 Å². The molecule has 1 fully saturated rings. The van der Waals surface area contributed by atoms with E-state index in [1.165, 1.54) is 15.2 Å². The lowest BCUT2D eigenvalue weighted by molar-refractivity contribution is 0.136. The van der Waals surface area contributed by atoms with Crippen LogP contribution in [-0.2, 0) is 0 Å². The van der Waals surface area contributed by atoms with E-state index in [9.17, 15) is 4.79 Å². The standard InChI is InChI=1S/C16H16ClNO2S/c17-13-3-1-12-10-15(4-2-11(12)9-13)21-14-5-7-18(8-6-14)16(19)20/h1-4,9-10,14H,5-8H2,(H,19,20). The minimum Gasteiger partial charge on any atom is -0.465 e. The van der Waals surface area contributed by atoms with Gasteiger partial charge in [0.05, 0.1) is 0 Å². The van der Waals surface area contributed by atoms with Crippen LogP contribution in [0, 0.1) is 0 Å². The minimum absolute atomic E-state index is 0.491. The summed E-state index contributed by atoms with van der Waals surface area (Å²) in [6, 6.07) is 12.3. The number of hydrogen-bond donors (Lipinski definition) is 1. The number of rotatable bonds is 2. The quantitative estimate of drug-likeness (QED) is 0.869. The highest BCUT2D eigenvalue weighted by Gasteiger charge is 2.22. The molecule has 2 aromatic rings. The molecule has 1 heterocycles. The van der Waals surface area contributed by atoms with Crippen molar-refractivity contribution in [2.24, 2.45) is 0 Å². The molecule has 110 valence electrons. The fraction of sp³-hybridized carbons (Fsp3) is 0.312. The summed E-state index contributed by atoms with van der Waals surface area (Å²) in [5.74, 6) is 0. The second-order valence-corrected chi connectivity index (χ2v) is 7.05. The topological polar surface area (TPSA) is 40.5 Å². The monoisotopic (exact) mass is 321 g/mol. The van der Waals surface area contributed by atoms with Crippen LogP contribution in [0.4, 0.5) is 4.79 Å². The first kappa shape index (κ1) is 14.5. The molecule has 1 aliphatic heterocycles. The van der Waals surface area contributed by atoms with E-state index in [2.05, 4.69) is 18.2 Å². The van der Waals surface area contributed by atoms with Crippen molar-refractivity contribution < 1.29 is 9.90 Å². The third kappa shape index (κ3) is 3.44. The summed E-state index contributed by atoms with van der Waals surface area (Å²) in [7, 11) is 0. The average molecular weight is 322 g/mol. The smallest absolute Gasteiger partial charge is 0.407 e. The van der Waals surface area contributed by atoms with Crippen LogP contribution in [0.15, 0.2) is 41.3 Å². The van der Waals surface area contributed by atoms with Crippen LogP contribution in [-0.4, -0.2) is 34.4 Å². The summed E-state index contributed by atoms with van der Waals surface area (Å²) in [5.41, 5.74) is 0. The van der Waals surface area contributed by atoms with Gasteiger partial charge in [0.2, 0.25) is 0 Å². The van der Waals surface area contributed by atoms with Gasteiger partial charge in [-0.15, -0.1) is 11.8 Å². The average Bonchev–Trinajstić information content (AvgIpc) is 2.48. The molecule has 1 N–H and O–H groups in total. The van der Waals surface area contributed by atoms with Crippen molar-refractivity contribution in [1.29, 1.82) is 0 Å². The molecular weight excluding hydrogens is 306 g/mol. The van der Waals surface area contributed by atoms with E-state index in [4.69, 9.17) is 16.7 Å². The highest BCUT2D eigenvalue weighted by Crippen LogP contribution is 2.32. The normalized spacial score (nSPS) is 16.3. The molecule has 1 aliphatic rings. The summed E-state index contributed by atoms with van der Waals surface area (Å²) < 4.78 is 0. The van der Waals surface area contributed by atoms with Gasteiger partial charge in [0.1, 0.15) is 0 Å². The van der Waals surface area contributed by atoms with Gasteiger partial charge in [-0.25, -0.2) is 4.79 Å². The molecule has 5 heteroatoms. The number of thioether (sulfide) groups is 1. The zero-order valence-electron chi connectivity index (χ0n) is 11.5. The summed E-state index contributed by atoms with van der Waals surface area (Å²) in [6.07, 6.45) is 1.02. The second kappa shape index (κ2) is 6.16. The van der Waals surface area contributed by atoms with Crippen LogP contribution in [0.25, 0.3) is 10.8 Å². The predicted octanol–water partition coefficient (Wildman–Crippen LogP) is 4.73. The van der Waals surface area contributed by atoms with Gasteiger partial charge < -0.3 is 10.0 Å². The molecule has 2 aromatic carbocycles. The van der Waals surface area contributed by atoms with Crippen molar-refractivity contribution >= 4 is 40.2 Å². The molecule has 0 bridgehead atoms. The maximum atomic E-state index is 10.9. The molecule has 0 unspecified atom stereocenters. The Balaban J connectivity index is 1.68. The van der Waals surface area contributed by atoms with Crippen LogP contribution in [0.2, 0.25) is 5.02 Å². The summed E-state index contributed by atoms with van der Waals surface area (Å²) in [4.78, 5) is 13.6. The molecule has 3 rings (SSSR count). The minimum atomic E-state index is -0.805. The maximum absolute atomic E-state index is 10.9. The number of benzene rings is 2. The first-order valence-electron chi connectivity index (χ1n) is 6.96. The number of nitrogens with zero attached hydrogens (tertiary/aromatic N) is 1. The number of likely N-dealkylation sites (tertiary alicyclic amines) is 1. The molecule has 1 amide bonds. The lowest BCUT2D eigenvalue weighted by Crippen LogP contribution is -2.38. The molecule has 21 heavy (non-hydrogen) atoms. The van der Waals surface area contributed by atoms with E-state index in [0.29, 0.717) is 18.3 Å². The third-order valence-corrected chi connectivity index (χ3v) is 5.35. The Labute approximate surface area is 132 Å². The first-order valence-corrected chi connectivity index (χ1v) is 8.21. The Morgan fingerprint density at radius 1 is 1.14 bits per heavy atom. The van der Waals surface area contributed by atoms with Gasteiger partial charge in [0.15, 0.2) is 0 Å². The van der Waals surface area contributed by atoms with Gasteiger partial charge >= 0.3 is 6.09 Å². The molecule has 0 aliphatic carbocycles. The fourth-order valence-corrected chi connectivity index (χ4v) is 3.98. The van der Waals surface area contributed by atoms with Crippen molar-refractivity contribution in [2.75, 3.05) is 13.1 Å². The third-order valence-electron chi connectivity index (χ3n) is 3.79. The lowest BCUT2D eigenvalue weighted by atomic mass is 10.1. The highest BCUT2D eigenvalue weighted by atomic mass is 35.5. The fourth-order valence-electron chi connectivity index (χ4n) is 2.63. The predicted molar refractivity (Wildman–Crippen MR) is 87.4 cm³/mol. The van der Waals surface area contributed by atoms with Gasteiger partial charge in [0, 0.05) is 28.3 Å². The van der Waals surface area contributed by atoms with Crippen molar-refractivity contribution in [3.05, 3.63) is 41.4 Å². The van der Waals surface area contributed by atoms with Crippen molar-refractivity contribution in [2.45, 2.75) is 23.0 Å². The number of carbonyl (C=O) groups is 1. The molecule has 0 spiro atoms. The van der Waals surface area contributed by atoms with Crippen molar-refractivity contribution in [3.8, 4) is 0 Å². The van der Waals surface area contributed by atoms with Crippen LogP contribution >= 0.6 is 23.4 Å². The van der Waals surface area contributed by atoms with Gasteiger partial charge in [-0.1, -0.05) is 23.7 Å². The number of amides is 1. The number of halogens is 1. The van der Waals surface area contributed by atoms with Gasteiger partial charge in [-0.2, -0.15) is 0 Å². The molecule has 0 radical (unpaired) electrons. The van der Waals surface area contributed by atoms with Crippen LogP contribution < -0.4 is 0 Å².